The maximum Gasteiger partial charge on any atom is 0.272 e. The van der Waals surface area contributed by atoms with Gasteiger partial charge in [-0.05, 0) is 65.7 Å². The fourth-order valence-electron chi connectivity index (χ4n) is 5.34. The van der Waals surface area contributed by atoms with Crippen LogP contribution in [0.3, 0.4) is 0 Å². The molecule has 41 heavy (non-hydrogen) atoms. The SMILES string of the molecule is Bc1cc2[nH]c(C(=O)/C(C=C)=C3\Nc4cc(Oc5ccccc5F)ccc4C(C)CC3C)cc2cc1OCC(F)F. The zero-order valence-corrected chi connectivity index (χ0v) is 23.1. The number of aromatic nitrogens is 1. The van der Waals surface area contributed by atoms with Crippen LogP contribution in [0.2, 0.25) is 0 Å². The first-order chi connectivity index (χ1) is 19.6. The van der Waals surface area contributed by atoms with E-state index in [1.54, 1.807) is 50.3 Å². The third kappa shape index (κ3) is 5.89. The van der Waals surface area contributed by atoms with Gasteiger partial charge in [-0.25, -0.2) is 13.2 Å². The van der Waals surface area contributed by atoms with Gasteiger partial charge in [0, 0.05) is 33.9 Å². The van der Waals surface area contributed by atoms with E-state index in [1.807, 2.05) is 18.2 Å². The second-order valence-electron chi connectivity index (χ2n) is 10.4. The number of aromatic amines is 1. The highest BCUT2D eigenvalue weighted by atomic mass is 19.3. The van der Waals surface area contributed by atoms with Crippen molar-refractivity contribution in [3.8, 4) is 17.2 Å². The van der Waals surface area contributed by atoms with Crippen LogP contribution in [0, 0.1) is 11.7 Å². The maximum atomic E-state index is 14.2. The van der Waals surface area contributed by atoms with Crippen LogP contribution in [0.25, 0.3) is 10.9 Å². The number of rotatable bonds is 8. The number of allylic oxidation sites excluding steroid dienone is 3. The Balaban J connectivity index is 1.49. The number of Topliss-reactive ketones (excluding diaryl/α,β-unsaturated/α-hetero) is 1. The van der Waals surface area contributed by atoms with Gasteiger partial charge in [0.25, 0.3) is 6.43 Å². The van der Waals surface area contributed by atoms with Gasteiger partial charge < -0.3 is 19.8 Å². The van der Waals surface area contributed by atoms with E-state index in [0.29, 0.717) is 39.1 Å². The van der Waals surface area contributed by atoms with E-state index in [1.165, 1.54) is 6.07 Å². The number of benzene rings is 3. The highest BCUT2D eigenvalue weighted by molar-refractivity contribution is 6.35. The molecule has 2 unspecified atom stereocenters. The van der Waals surface area contributed by atoms with Gasteiger partial charge in [-0.2, -0.15) is 0 Å². The summed E-state index contributed by atoms with van der Waals surface area (Å²) in [6.07, 6.45) is -0.256. The molecule has 2 N–H and O–H groups in total. The van der Waals surface area contributed by atoms with Gasteiger partial charge >= 0.3 is 0 Å². The van der Waals surface area contributed by atoms with E-state index in [2.05, 4.69) is 30.7 Å². The van der Waals surface area contributed by atoms with Crippen molar-refractivity contribution in [1.82, 2.24) is 4.98 Å². The van der Waals surface area contributed by atoms with E-state index < -0.39 is 18.8 Å². The number of ketones is 1. The molecule has 2 heterocycles. The molecule has 210 valence electrons. The summed E-state index contributed by atoms with van der Waals surface area (Å²) in [6.45, 7) is 7.42. The third-order valence-electron chi connectivity index (χ3n) is 7.35. The molecule has 5 rings (SSSR count). The Hall–Kier alpha value is -4.40. The van der Waals surface area contributed by atoms with Gasteiger partial charge in [0.2, 0.25) is 5.78 Å². The van der Waals surface area contributed by atoms with E-state index in [4.69, 9.17) is 9.47 Å². The van der Waals surface area contributed by atoms with Crippen LogP contribution in [0.4, 0.5) is 18.9 Å². The second-order valence-corrected chi connectivity index (χ2v) is 10.4. The number of para-hydroxylation sites is 1. The summed E-state index contributed by atoms with van der Waals surface area (Å²) in [5.41, 5.74) is 4.67. The lowest BCUT2D eigenvalue weighted by Crippen LogP contribution is -2.15. The number of alkyl halides is 2. The first-order valence-corrected chi connectivity index (χ1v) is 13.4. The van der Waals surface area contributed by atoms with Crippen molar-refractivity contribution in [3.05, 3.63) is 102 Å². The Morgan fingerprint density at radius 2 is 1.88 bits per heavy atom. The molecule has 0 aliphatic carbocycles. The van der Waals surface area contributed by atoms with Crippen LogP contribution >= 0.6 is 0 Å². The lowest BCUT2D eigenvalue weighted by Gasteiger charge is -2.18. The number of carbonyl (C=O) groups is 1. The lowest BCUT2D eigenvalue weighted by molar-refractivity contribution is 0.0825. The Morgan fingerprint density at radius 1 is 1.10 bits per heavy atom. The molecule has 1 aliphatic rings. The minimum atomic E-state index is -2.58. The summed E-state index contributed by atoms with van der Waals surface area (Å²) in [5, 5.41) is 4.14. The number of carbonyl (C=O) groups excluding carboxylic acids is 1. The number of hydrogen-bond acceptors (Lipinski definition) is 4. The molecule has 4 aromatic rings. The Bertz CT molecular complexity index is 1660. The summed E-state index contributed by atoms with van der Waals surface area (Å²) < 4.78 is 50.6. The molecular formula is C32H30BF3N2O3. The van der Waals surface area contributed by atoms with Crippen LogP contribution in [-0.2, 0) is 0 Å². The Kier molecular flexibility index (Phi) is 7.97. The molecule has 0 amide bonds. The molecule has 2 atom stereocenters. The van der Waals surface area contributed by atoms with Crippen molar-refractivity contribution in [2.75, 3.05) is 11.9 Å². The fourth-order valence-corrected chi connectivity index (χ4v) is 5.34. The van der Waals surface area contributed by atoms with Gasteiger partial charge in [0.05, 0.1) is 5.69 Å². The molecule has 3 aromatic carbocycles. The molecule has 9 heteroatoms. The Labute approximate surface area is 237 Å². The van der Waals surface area contributed by atoms with Crippen LogP contribution in [0.15, 0.2) is 84.6 Å². The molecule has 0 bridgehead atoms. The van der Waals surface area contributed by atoms with Crippen molar-refractivity contribution in [3.63, 3.8) is 0 Å². The summed E-state index contributed by atoms with van der Waals surface area (Å²) in [7, 11) is 1.76. The van der Waals surface area contributed by atoms with Gasteiger partial charge in [-0.1, -0.05) is 44.7 Å². The number of hydrogen-bond donors (Lipinski definition) is 2. The second kappa shape index (κ2) is 11.6. The lowest BCUT2D eigenvalue weighted by atomic mass is 9.89. The minimum Gasteiger partial charge on any atom is -0.488 e. The smallest absolute Gasteiger partial charge is 0.272 e. The zero-order chi connectivity index (χ0) is 29.3. The van der Waals surface area contributed by atoms with Crippen molar-refractivity contribution in [2.45, 2.75) is 32.6 Å². The maximum absolute atomic E-state index is 14.2. The van der Waals surface area contributed by atoms with Crippen LogP contribution in [-0.4, -0.2) is 31.6 Å². The van der Waals surface area contributed by atoms with Crippen LogP contribution < -0.4 is 20.3 Å². The molecule has 5 nitrogen and oxygen atoms in total. The quantitative estimate of drug-likeness (QED) is 0.141. The van der Waals surface area contributed by atoms with Crippen molar-refractivity contribution in [1.29, 1.82) is 0 Å². The fraction of sp³-hybridized carbons (Fsp3) is 0.219. The van der Waals surface area contributed by atoms with E-state index in [-0.39, 0.29) is 23.4 Å². The van der Waals surface area contributed by atoms with Crippen molar-refractivity contribution >= 4 is 35.7 Å². The number of anilines is 1. The summed E-state index contributed by atoms with van der Waals surface area (Å²) in [4.78, 5) is 17.0. The zero-order valence-electron chi connectivity index (χ0n) is 23.1. The van der Waals surface area contributed by atoms with Gasteiger partial charge in [-0.3, -0.25) is 4.79 Å². The van der Waals surface area contributed by atoms with E-state index in [9.17, 15) is 18.0 Å². The monoisotopic (exact) mass is 558 g/mol. The normalized spacial score (nSPS) is 17.9. The number of nitrogens with one attached hydrogen (secondary N) is 2. The predicted molar refractivity (Wildman–Crippen MR) is 158 cm³/mol. The average Bonchev–Trinajstić information content (AvgIpc) is 3.30. The van der Waals surface area contributed by atoms with Crippen LogP contribution in [0.5, 0.6) is 17.2 Å². The number of H-pyrrole nitrogens is 1. The van der Waals surface area contributed by atoms with Gasteiger partial charge in [0.1, 0.15) is 26.0 Å². The van der Waals surface area contributed by atoms with Gasteiger partial charge in [-0.15, -0.1) is 0 Å². The molecule has 0 spiro atoms. The number of halogens is 3. The van der Waals surface area contributed by atoms with Gasteiger partial charge in [0.15, 0.2) is 11.6 Å². The molecule has 1 aliphatic heterocycles. The minimum absolute atomic E-state index is 0.00809. The first-order valence-electron chi connectivity index (χ1n) is 13.4. The molecule has 0 saturated carbocycles. The topological polar surface area (TPSA) is 63.4 Å². The number of ether oxygens (including phenoxy) is 2. The highest BCUT2D eigenvalue weighted by Gasteiger charge is 2.27. The molecule has 0 radical (unpaired) electrons. The predicted octanol–water partition coefficient (Wildman–Crippen LogP) is 6.88. The first kappa shape index (κ1) is 28.1. The molecule has 1 aromatic heterocycles. The highest BCUT2D eigenvalue weighted by Crippen LogP contribution is 2.41. The van der Waals surface area contributed by atoms with Crippen LogP contribution in [0.1, 0.15) is 42.2 Å². The molecular weight excluding hydrogens is 528 g/mol. The van der Waals surface area contributed by atoms with Crippen molar-refractivity contribution in [2.24, 2.45) is 5.92 Å². The summed E-state index contributed by atoms with van der Waals surface area (Å²) in [6, 6.07) is 16.9. The third-order valence-corrected chi connectivity index (χ3v) is 7.35. The molecule has 0 fully saturated rings. The largest absolute Gasteiger partial charge is 0.488 e. The average molecular weight is 558 g/mol. The summed E-state index contributed by atoms with van der Waals surface area (Å²) in [5.74, 6) is 0.382. The van der Waals surface area contributed by atoms with E-state index >= 15 is 0 Å². The molecule has 0 saturated heterocycles. The Morgan fingerprint density at radius 3 is 2.61 bits per heavy atom. The standard InChI is InChI=1S/C32H30BF3N2O3/c1-4-21(32(39)27-12-19-13-29(40-16-30(35)36)23(33)15-25(19)37-27)31-18(3)11-17(2)22-10-9-20(14-26(22)38-31)41-28-8-6-5-7-24(28)34/h4-10,12-15,17-18,30,37-38H,1,11,16,33H2,2-3H3/b31-21-. The summed E-state index contributed by atoms with van der Waals surface area (Å²) >= 11 is 0. The number of fused-ring (bicyclic) bond motifs is 2. The van der Waals surface area contributed by atoms with Crippen molar-refractivity contribution < 1.29 is 27.4 Å². The van der Waals surface area contributed by atoms with E-state index in [0.717, 1.165) is 23.4 Å².